The van der Waals surface area contributed by atoms with Crippen molar-refractivity contribution in [3.63, 3.8) is 0 Å². The van der Waals surface area contributed by atoms with Crippen LogP contribution in [-0.2, 0) is 14.9 Å². The van der Waals surface area contributed by atoms with E-state index < -0.39 is 6.09 Å². The highest BCUT2D eigenvalue weighted by Crippen LogP contribution is 2.59. The largest absolute Gasteiger partial charge is 0.453 e. The van der Waals surface area contributed by atoms with Gasteiger partial charge in [-0.2, -0.15) is 0 Å². The van der Waals surface area contributed by atoms with Crippen LogP contribution in [0.5, 0.6) is 0 Å². The van der Waals surface area contributed by atoms with Gasteiger partial charge in [0.2, 0.25) is 5.91 Å². The van der Waals surface area contributed by atoms with E-state index in [2.05, 4.69) is 34.3 Å². The Morgan fingerprint density at radius 3 is 2.78 bits per heavy atom. The van der Waals surface area contributed by atoms with Gasteiger partial charge in [0.25, 0.3) is 0 Å². The highest BCUT2D eigenvalue weighted by atomic mass is 16.5. The van der Waals surface area contributed by atoms with E-state index in [4.69, 9.17) is 0 Å². The standard InChI is InChI=1S/C18H24N2O3/c1-3-13(10-19-17(22)23-2)16(21)20-11-15-9-18(15,12-20)14-7-5-4-6-8-14/h4-8,13,15H,3,9-12H2,1-2H3,(H,19,22). The fraction of sp³-hybridized carbons (Fsp3) is 0.556. The lowest BCUT2D eigenvalue weighted by atomic mass is 9.95. The quantitative estimate of drug-likeness (QED) is 0.906. The molecule has 1 heterocycles. The van der Waals surface area contributed by atoms with E-state index in [1.54, 1.807) is 0 Å². The van der Waals surface area contributed by atoms with Gasteiger partial charge in [-0.3, -0.25) is 4.79 Å². The minimum atomic E-state index is -0.485. The third-order valence-corrected chi connectivity index (χ3v) is 5.33. The minimum absolute atomic E-state index is 0.145. The predicted octanol–water partition coefficient (Wildman–Crippen LogP) is 2.17. The number of carbonyl (C=O) groups excluding carboxylic acids is 2. The van der Waals surface area contributed by atoms with Gasteiger partial charge >= 0.3 is 6.09 Å². The van der Waals surface area contributed by atoms with Crippen LogP contribution >= 0.6 is 0 Å². The second-order valence-corrected chi connectivity index (χ2v) is 6.62. The SMILES string of the molecule is CCC(CNC(=O)OC)C(=O)N1CC2CC2(c2ccccc2)C1. The predicted molar refractivity (Wildman–Crippen MR) is 87.0 cm³/mol. The van der Waals surface area contributed by atoms with E-state index in [-0.39, 0.29) is 17.2 Å². The number of amides is 2. The van der Waals surface area contributed by atoms with Crippen LogP contribution in [0.3, 0.4) is 0 Å². The average Bonchev–Trinajstić information content (AvgIpc) is 3.17. The summed E-state index contributed by atoms with van der Waals surface area (Å²) in [6.07, 6.45) is 1.40. The molecule has 3 atom stereocenters. The molecular weight excluding hydrogens is 292 g/mol. The number of hydrogen-bond donors (Lipinski definition) is 1. The molecular formula is C18H24N2O3. The van der Waals surface area contributed by atoms with Crippen LogP contribution in [0.1, 0.15) is 25.3 Å². The Bertz CT molecular complexity index is 589. The number of likely N-dealkylation sites (tertiary alicyclic amines) is 1. The summed E-state index contributed by atoms with van der Waals surface area (Å²) in [6.45, 7) is 3.95. The van der Waals surface area contributed by atoms with Gasteiger partial charge in [-0.1, -0.05) is 37.3 Å². The van der Waals surface area contributed by atoms with E-state index in [9.17, 15) is 9.59 Å². The van der Waals surface area contributed by atoms with Crippen molar-refractivity contribution in [3.05, 3.63) is 35.9 Å². The number of piperidine rings is 1. The van der Waals surface area contributed by atoms with Crippen LogP contribution in [0.4, 0.5) is 4.79 Å². The molecule has 2 fully saturated rings. The Kier molecular flexibility index (Phi) is 4.28. The molecule has 5 heteroatoms. The Hall–Kier alpha value is -2.04. The first-order chi connectivity index (χ1) is 11.1. The zero-order valence-electron chi connectivity index (χ0n) is 13.7. The summed E-state index contributed by atoms with van der Waals surface area (Å²) in [5, 5.41) is 2.64. The fourth-order valence-electron chi connectivity index (χ4n) is 3.81. The summed E-state index contributed by atoms with van der Waals surface area (Å²) in [6, 6.07) is 10.5. The van der Waals surface area contributed by atoms with Gasteiger partial charge in [-0.15, -0.1) is 0 Å². The van der Waals surface area contributed by atoms with Gasteiger partial charge in [0.15, 0.2) is 0 Å². The molecule has 1 saturated carbocycles. The number of nitrogens with one attached hydrogen (secondary N) is 1. The molecule has 1 aromatic rings. The molecule has 1 saturated heterocycles. The highest BCUT2D eigenvalue weighted by molar-refractivity contribution is 5.80. The van der Waals surface area contributed by atoms with E-state index >= 15 is 0 Å². The molecule has 1 N–H and O–H groups in total. The van der Waals surface area contributed by atoms with E-state index in [1.165, 1.54) is 19.1 Å². The Morgan fingerprint density at radius 1 is 1.39 bits per heavy atom. The first kappa shape index (κ1) is 15.8. The summed E-state index contributed by atoms with van der Waals surface area (Å²) < 4.78 is 4.57. The lowest BCUT2D eigenvalue weighted by Crippen LogP contribution is -2.42. The molecule has 2 aliphatic rings. The van der Waals surface area contributed by atoms with E-state index in [1.807, 2.05) is 17.9 Å². The van der Waals surface area contributed by atoms with Gasteiger partial charge in [0.05, 0.1) is 13.0 Å². The van der Waals surface area contributed by atoms with Crippen molar-refractivity contribution < 1.29 is 14.3 Å². The Labute approximate surface area is 137 Å². The van der Waals surface area contributed by atoms with Crippen LogP contribution in [0.15, 0.2) is 30.3 Å². The van der Waals surface area contributed by atoms with Crippen molar-refractivity contribution in [1.82, 2.24) is 10.2 Å². The summed E-state index contributed by atoms with van der Waals surface area (Å²) in [7, 11) is 1.33. The molecule has 0 spiro atoms. The first-order valence-corrected chi connectivity index (χ1v) is 8.27. The third-order valence-electron chi connectivity index (χ3n) is 5.33. The number of ether oxygens (including phenoxy) is 1. The number of fused-ring (bicyclic) bond motifs is 1. The maximum absolute atomic E-state index is 12.8. The number of hydrogen-bond acceptors (Lipinski definition) is 3. The van der Waals surface area contributed by atoms with Gasteiger partial charge in [-0.05, 0) is 24.3 Å². The normalized spacial score (nSPS) is 26.3. The van der Waals surface area contributed by atoms with Gasteiger partial charge in [0.1, 0.15) is 0 Å². The molecule has 0 bridgehead atoms. The number of nitrogens with zero attached hydrogens (tertiary/aromatic N) is 1. The maximum Gasteiger partial charge on any atom is 0.406 e. The molecule has 3 rings (SSSR count). The zero-order valence-corrected chi connectivity index (χ0v) is 13.7. The van der Waals surface area contributed by atoms with Crippen molar-refractivity contribution in [2.45, 2.75) is 25.2 Å². The number of rotatable bonds is 5. The minimum Gasteiger partial charge on any atom is -0.453 e. The topological polar surface area (TPSA) is 58.6 Å². The van der Waals surface area contributed by atoms with E-state index in [0.717, 1.165) is 13.1 Å². The van der Waals surface area contributed by atoms with Crippen LogP contribution < -0.4 is 5.32 Å². The molecule has 5 nitrogen and oxygen atoms in total. The third kappa shape index (κ3) is 2.92. The number of alkyl carbamates (subject to hydrolysis) is 1. The molecule has 1 aliphatic heterocycles. The molecule has 1 aliphatic carbocycles. The lowest BCUT2D eigenvalue weighted by molar-refractivity contribution is -0.135. The summed E-state index contributed by atoms with van der Waals surface area (Å²) in [5.74, 6) is 0.547. The van der Waals surface area contributed by atoms with Gasteiger partial charge in [-0.25, -0.2) is 4.79 Å². The fourth-order valence-corrected chi connectivity index (χ4v) is 3.81. The van der Waals surface area contributed by atoms with Crippen LogP contribution in [0.2, 0.25) is 0 Å². The van der Waals surface area contributed by atoms with Crippen molar-refractivity contribution in [3.8, 4) is 0 Å². The lowest BCUT2D eigenvalue weighted by Gasteiger charge is -2.26. The smallest absolute Gasteiger partial charge is 0.406 e. The molecule has 0 radical (unpaired) electrons. The van der Waals surface area contributed by atoms with Crippen molar-refractivity contribution in [1.29, 1.82) is 0 Å². The van der Waals surface area contributed by atoms with Crippen molar-refractivity contribution in [2.24, 2.45) is 11.8 Å². The van der Waals surface area contributed by atoms with Crippen molar-refractivity contribution >= 4 is 12.0 Å². The zero-order chi connectivity index (χ0) is 16.4. The Morgan fingerprint density at radius 2 is 2.13 bits per heavy atom. The monoisotopic (exact) mass is 316 g/mol. The molecule has 3 unspecified atom stereocenters. The van der Waals surface area contributed by atoms with Crippen molar-refractivity contribution in [2.75, 3.05) is 26.7 Å². The van der Waals surface area contributed by atoms with Crippen LogP contribution in [0.25, 0.3) is 0 Å². The summed E-state index contributed by atoms with van der Waals surface area (Å²) in [5.41, 5.74) is 1.52. The maximum atomic E-state index is 12.8. The molecule has 2 amide bonds. The average molecular weight is 316 g/mol. The van der Waals surface area contributed by atoms with Gasteiger partial charge < -0.3 is 15.0 Å². The van der Waals surface area contributed by atoms with E-state index in [0.29, 0.717) is 18.9 Å². The molecule has 0 aromatic heterocycles. The second-order valence-electron chi connectivity index (χ2n) is 6.62. The Balaban J connectivity index is 1.62. The number of benzene rings is 1. The summed E-state index contributed by atoms with van der Waals surface area (Å²) >= 11 is 0. The highest BCUT2D eigenvalue weighted by Gasteiger charge is 2.61. The number of carbonyl (C=O) groups is 2. The molecule has 23 heavy (non-hydrogen) atoms. The van der Waals surface area contributed by atoms with Crippen LogP contribution in [0, 0.1) is 11.8 Å². The van der Waals surface area contributed by atoms with Gasteiger partial charge in [0, 0.05) is 25.0 Å². The second kappa shape index (κ2) is 6.22. The molecule has 1 aromatic carbocycles. The molecule has 124 valence electrons. The van der Waals surface area contributed by atoms with Crippen LogP contribution in [-0.4, -0.2) is 43.6 Å². The number of methoxy groups -OCH3 is 1. The summed E-state index contributed by atoms with van der Waals surface area (Å²) in [4.78, 5) is 25.9. The first-order valence-electron chi connectivity index (χ1n) is 8.27.